The van der Waals surface area contributed by atoms with Crippen LogP contribution in [0.1, 0.15) is 32.1 Å². The van der Waals surface area contributed by atoms with Crippen molar-refractivity contribution in [3.63, 3.8) is 0 Å². The van der Waals surface area contributed by atoms with Gasteiger partial charge >= 0.3 is 0 Å². The number of carbonyl (C=O) groups excluding carboxylic acids is 3. The minimum atomic E-state index is -0.466. The number of anilines is 1. The quantitative estimate of drug-likeness (QED) is 0.362. The van der Waals surface area contributed by atoms with E-state index >= 15 is 0 Å². The molecule has 6 rings (SSSR count). The zero-order valence-electron chi connectivity index (χ0n) is 19.3. The van der Waals surface area contributed by atoms with Crippen molar-refractivity contribution >= 4 is 29.1 Å². The molecule has 0 radical (unpaired) electrons. The maximum Gasteiger partial charge on any atom is 0.270 e. The fourth-order valence-corrected chi connectivity index (χ4v) is 4.03. The molecule has 0 fully saturated rings. The third-order valence-corrected chi connectivity index (χ3v) is 5.84. The Hall–Kier alpha value is -5.13. The summed E-state index contributed by atoms with van der Waals surface area (Å²) in [4.78, 5) is 41.9. The van der Waals surface area contributed by atoms with Gasteiger partial charge in [0.1, 0.15) is 17.1 Å². The van der Waals surface area contributed by atoms with Gasteiger partial charge in [0.05, 0.1) is 11.9 Å². The lowest BCUT2D eigenvalue weighted by Crippen LogP contribution is -2.28. The fraction of sp³-hybridized carbons (Fsp3) is 0.160. The van der Waals surface area contributed by atoms with E-state index < -0.39 is 11.8 Å². The molecule has 0 saturated carbocycles. The van der Waals surface area contributed by atoms with Crippen molar-refractivity contribution in [3.05, 3.63) is 77.2 Å². The number of nitrogens with one attached hydrogen (secondary N) is 3. The van der Waals surface area contributed by atoms with Gasteiger partial charge in [-0.05, 0) is 35.4 Å². The highest BCUT2D eigenvalue weighted by molar-refractivity contribution is 5.98. The molecule has 12 nitrogen and oxygen atoms in total. The molecule has 0 aliphatic carbocycles. The number of benzene rings is 2. The summed E-state index contributed by atoms with van der Waals surface area (Å²) in [5, 5.41) is 12.5. The Labute approximate surface area is 209 Å². The van der Waals surface area contributed by atoms with Crippen LogP contribution in [0.15, 0.2) is 54.7 Å². The summed E-state index contributed by atoms with van der Waals surface area (Å²) in [6, 6.07) is 13.7. The minimum Gasteiger partial charge on any atom is -0.482 e. The Bertz CT molecular complexity index is 1560. The number of aromatic nitrogens is 3. The van der Waals surface area contributed by atoms with Gasteiger partial charge in [0.15, 0.2) is 23.8 Å². The highest BCUT2D eigenvalue weighted by atomic mass is 16.7. The zero-order chi connectivity index (χ0) is 25.4. The number of fused-ring (bicyclic) bond motifs is 3. The van der Waals surface area contributed by atoms with E-state index in [1.165, 1.54) is 16.8 Å². The topological polar surface area (TPSA) is 145 Å². The second-order valence-electron chi connectivity index (χ2n) is 8.35. The molecule has 0 atom stereocenters. The maximum absolute atomic E-state index is 13.0. The van der Waals surface area contributed by atoms with E-state index in [-0.39, 0.29) is 43.8 Å². The molecule has 0 spiro atoms. The van der Waals surface area contributed by atoms with Crippen LogP contribution in [0.5, 0.6) is 17.2 Å². The number of amides is 3. The molecule has 4 aromatic rings. The van der Waals surface area contributed by atoms with Crippen LogP contribution in [0.4, 0.5) is 5.69 Å². The van der Waals surface area contributed by atoms with Crippen molar-refractivity contribution in [2.75, 3.05) is 18.7 Å². The van der Waals surface area contributed by atoms with E-state index in [0.29, 0.717) is 28.6 Å². The molecule has 3 amide bonds. The predicted octanol–water partition coefficient (Wildman–Crippen LogP) is 1.65. The summed E-state index contributed by atoms with van der Waals surface area (Å²) in [6.07, 6.45) is 1.50. The van der Waals surface area contributed by atoms with E-state index in [2.05, 4.69) is 26.0 Å². The number of nitrogens with zero attached hydrogens (tertiary/aromatic N) is 3. The van der Waals surface area contributed by atoms with Gasteiger partial charge in [-0.25, -0.2) is 9.50 Å². The first-order chi connectivity index (χ1) is 18.0. The fourth-order valence-electron chi connectivity index (χ4n) is 4.03. The molecule has 4 heterocycles. The monoisotopic (exact) mass is 500 g/mol. The maximum atomic E-state index is 13.0. The molecule has 2 aromatic carbocycles. The molecule has 0 saturated heterocycles. The van der Waals surface area contributed by atoms with Crippen LogP contribution in [0.25, 0.3) is 5.65 Å². The summed E-state index contributed by atoms with van der Waals surface area (Å²) >= 11 is 0. The number of rotatable bonds is 6. The molecule has 186 valence electrons. The van der Waals surface area contributed by atoms with Crippen LogP contribution in [0, 0.1) is 0 Å². The smallest absolute Gasteiger partial charge is 0.270 e. The van der Waals surface area contributed by atoms with Crippen LogP contribution in [0.3, 0.4) is 0 Å². The van der Waals surface area contributed by atoms with Crippen molar-refractivity contribution in [1.29, 1.82) is 0 Å². The van der Waals surface area contributed by atoms with Gasteiger partial charge in [-0.2, -0.15) is 5.10 Å². The van der Waals surface area contributed by atoms with Crippen LogP contribution < -0.4 is 30.2 Å². The standard InChI is InChI=1S/C25H20N6O6/c32-23-12-35-19-3-1-14(7-16(19)30-23)10-26-24(33)17-9-18(31-22(29-17)5-6-28-31)25(34)27-11-15-2-4-20-21(8-15)37-13-36-20/h1-9H,10-13H2,(H,26,33)(H,27,34)(H,30,32). The molecule has 2 aliphatic rings. The van der Waals surface area contributed by atoms with Crippen molar-refractivity contribution in [2.45, 2.75) is 13.1 Å². The molecular weight excluding hydrogens is 480 g/mol. The number of hydrogen-bond acceptors (Lipinski definition) is 8. The molecule has 3 N–H and O–H groups in total. The second-order valence-corrected chi connectivity index (χ2v) is 8.35. The first-order valence-corrected chi connectivity index (χ1v) is 11.4. The van der Waals surface area contributed by atoms with E-state index in [4.69, 9.17) is 14.2 Å². The lowest BCUT2D eigenvalue weighted by atomic mass is 10.1. The number of ether oxygens (including phenoxy) is 3. The molecular formula is C25H20N6O6. The summed E-state index contributed by atoms with van der Waals surface area (Å²) in [5.41, 5.74) is 2.71. The lowest BCUT2D eigenvalue weighted by Gasteiger charge is -2.18. The van der Waals surface area contributed by atoms with Gasteiger partial charge in [0.2, 0.25) is 6.79 Å². The summed E-state index contributed by atoms with van der Waals surface area (Å²) < 4.78 is 17.4. The van der Waals surface area contributed by atoms with Gasteiger partial charge in [0, 0.05) is 25.2 Å². The van der Waals surface area contributed by atoms with Crippen LogP contribution in [0.2, 0.25) is 0 Å². The molecule has 0 unspecified atom stereocenters. The molecule has 2 aliphatic heterocycles. The van der Waals surface area contributed by atoms with Crippen molar-refractivity contribution in [3.8, 4) is 17.2 Å². The highest BCUT2D eigenvalue weighted by Crippen LogP contribution is 2.32. The van der Waals surface area contributed by atoms with Gasteiger partial charge in [0.25, 0.3) is 17.7 Å². The normalized spacial score (nSPS) is 13.5. The Morgan fingerprint density at radius 3 is 2.51 bits per heavy atom. The van der Waals surface area contributed by atoms with E-state index in [1.54, 1.807) is 36.4 Å². The Morgan fingerprint density at radius 2 is 1.65 bits per heavy atom. The second kappa shape index (κ2) is 9.15. The van der Waals surface area contributed by atoms with Crippen LogP contribution in [-0.2, 0) is 17.9 Å². The van der Waals surface area contributed by atoms with Gasteiger partial charge in [-0.15, -0.1) is 0 Å². The van der Waals surface area contributed by atoms with Gasteiger partial charge < -0.3 is 30.2 Å². The third-order valence-electron chi connectivity index (χ3n) is 5.84. The average molecular weight is 500 g/mol. The van der Waals surface area contributed by atoms with E-state index in [9.17, 15) is 14.4 Å². The van der Waals surface area contributed by atoms with E-state index in [1.807, 2.05) is 6.07 Å². The van der Waals surface area contributed by atoms with Gasteiger partial charge in [-0.3, -0.25) is 14.4 Å². The van der Waals surface area contributed by atoms with Gasteiger partial charge in [-0.1, -0.05) is 12.1 Å². The summed E-state index contributed by atoms with van der Waals surface area (Å²) in [5.74, 6) is 0.722. The number of carbonyl (C=O) groups is 3. The van der Waals surface area contributed by atoms with Crippen molar-refractivity contribution in [2.24, 2.45) is 0 Å². The SMILES string of the molecule is O=C1COc2ccc(CNC(=O)c3cc(C(=O)NCc4ccc5c(c4)OCO5)n4nccc4n3)cc2N1. The van der Waals surface area contributed by atoms with Crippen LogP contribution >= 0.6 is 0 Å². The van der Waals surface area contributed by atoms with Crippen LogP contribution in [-0.4, -0.2) is 45.7 Å². The zero-order valence-corrected chi connectivity index (χ0v) is 19.3. The Balaban J connectivity index is 1.16. The third kappa shape index (κ3) is 4.47. The largest absolute Gasteiger partial charge is 0.482 e. The number of hydrogen-bond donors (Lipinski definition) is 3. The molecule has 37 heavy (non-hydrogen) atoms. The average Bonchev–Trinajstić information content (AvgIpc) is 3.58. The Morgan fingerprint density at radius 1 is 0.892 bits per heavy atom. The van der Waals surface area contributed by atoms with Crippen molar-refractivity contribution < 1.29 is 28.6 Å². The Kier molecular flexibility index (Phi) is 5.52. The summed E-state index contributed by atoms with van der Waals surface area (Å²) in [7, 11) is 0. The predicted molar refractivity (Wildman–Crippen MR) is 128 cm³/mol. The molecule has 0 bridgehead atoms. The lowest BCUT2D eigenvalue weighted by molar-refractivity contribution is -0.118. The molecule has 2 aromatic heterocycles. The minimum absolute atomic E-state index is 0.0293. The summed E-state index contributed by atoms with van der Waals surface area (Å²) in [6.45, 7) is 0.556. The van der Waals surface area contributed by atoms with E-state index in [0.717, 1.165) is 11.1 Å². The first kappa shape index (κ1) is 22.3. The highest BCUT2D eigenvalue weighted by Gasteiger charge is 2.20. The first-order valence-electron chi connectivity index (χ1n) is 11.4. The molecule has 12 heteroatoms. The van der Waals surface area contributed by atoms with Crippen molar-refractivity contribution in [1.82, 2.24) is 25.2 Å².